The molecule has 42 heavy (non-hydrogen) atoms. The predicted molar refractivity (Wildman–Crippen MR) is 188 cm³/mol. The number of carbonyl (C=O) groups excluding carboxylic acids is 4. The Hall–Kier alpha value is -0.400. The van der Waals surface area contributed by atoms with Crippen LogP contribution in [0.5, 0.6) is 0 Å². The SMILES string of the molecule is O=C1CC(C2CC3C(=O)N(CCCSCCSCCS)C(=O)C3c3ccccc32)C(=O)N1CCCSCCSCCS. The lowest BCUT2D eigenvalue weighted by molar-refractivity contribution is -0.141. The van der Waals surface area contributed by atoms with Crippen LogP contribution in [-0.2, 0) is 19.2 Å². The molecule has 0 spiro atoms. The van der Waals surface area contributed by atoms with Crippen LogP contribution in [0.4, 0.5) is 0 Å². The number of thiol groups is 2. The lowest BCUT2D eigenvalue weighted by atomic mass is 9.67. The zero-order valence-electron chi connectivity index (χ0n) is 24.0. The van der Waals surface area contributed by atoms with Crippen LogP contribution in [0.3, 0.4) is 0 Å². The number of thioether (sulfide) groups is 4. The molecule has 1 aliphatic carbocycles. The number of nitrogens with zero attached hydrogens (tertiary/aromatic N) is 2. The van der Waals surface area contributed by atoms with E-state index in [9.17, 15) is 19.2 Å². The Morgan fingerprint density at radius 3 is 1.74 bits per heavy atom. The number of imide groups is 2. The quantitative estimate of drug-likeness (QED) is 0.117. The van der Waals surface area contributed by atoms with E-state index in [1.54, 1.807) is 0 Å². The largest absolute Gasteiger partial charge is 0.282 e. The molecule has 4 unspecified atom stereocenters. The lowest BCUT2D eigenvalue weighted by Crippen LogP contribution is -2.35. The highest BCUT2D eigenvalue weighted by atomic mass is 32.2. The van der Waals surface area contributed by atoms with E-state index in [4.69, 9.17) is 0 Å². The molecule has 1 aromatic carbocycles. The van der Waals surface area contributed by atoms with Crippen molar-refractivity contribution >= 4 is 95.9 Å². The van der Waals surface area contributed by atoms with Gasteiger partial charge in [0.25, 0.3) is 0 Å². The molecule has 0 bridgehead atoms. The molecule has 2 fully saturated rings. The molecule has 4 rings (SSSR count). The summed E-state index contributed by atoms with van der Waals surface area (Å²) in [5, 5.41) is 0. The van der Waals surface area contributed by atoms with E-state index in [2.05, 4.69) is 25.3 Å². The summed E-state index contributed by atoms with van der Waals surface area (Å²) in [6.07, 6.45) is 2.18. The van der Waals surface area contributed by atoms with Crippen LogP contribution in [0.1, 0.15) is 48.6 Å². The average molecular weight is 687 g/mol. The molecular formula is C30H42N2O4S6. The number of rotatable bonds is 19. The van der Waals surface area contributed by atoms with Crippen molar-refractivity contribution < 1.29 is 19.2 Å². The molecule has 12 heteroatoms. The summed E-state index contributed by atoms with van der Waals surface area (Å²) in [5.74, 6) is 7.90. The van der Waals surface area contributed by atoms with Gasteiger partial charge in [0.15, 0.2) is 0 Å². The maximum Gasteiger partial charge on any atom is 0.237 e. The Labute approximate surface area is 278 Å². The van der Waals surface area contributed by atoms with E-state index in [0.29, 0.717) is 19.5 Å². The summed E-state index contributed by atoms with van der Waals surface area (Å²) < 4.78 is 0. The third-order valence-corrected chi connectivity index (χ3v) is 13.8. The van der Waals surface area contributed by atoms with E-state index in [1.165, 1.54) is 9.80 Å². The van der Waals surface area contributed by atoms with Crippen molar-refractivity contribution in [3.8, 4) is 0 Å². The molecule has 2 aliphatic heterocycles. The zero-order chi connectivity index (χ0) is 29.9. The summed E-state index contributed by atoms with van der Waals surface area (Å²) in [6, 6.07) is 7.77. The highest BCUT2D eigenvalue weighted by Gasteiger charge is 2.55. The number of hydrogen-bond acceptors (Lipinski definition) is 10. The van der Waals surface area contributed by atoms with Gasteiger partial charge in [-0.3, -0.25) is 29.0 Å². The molecular weight excluding hydrogens is 645 g/mol. The van der Waals surface area contributed by atoms with Gasteiger partial charge in [-0.05, 0) is 59.3 Å². The van der Waals surface area contributed by atoms with Crippen molar-refractivity contribution in [1.82, 2.24) is 9.80 Å². The molecule has 3 aliphatic rings. The van der Waals surface area contributed by atoms with Gasteiger partial charge < -0.3 is 0 Å². The Morgan fingerprint density at radius 1 is 0.619 bits per heavy atom. The first-order chi connectivity index (χ1) is 20.5. The van der Waals surface area contributed by atoms with Gasteiger partial charge >= 0.3 is 0 Å². The van der Waals surface area contributed by atoms with E-state index in [-0.39, 0.29) is 36.0 Å². The highest BCUT2D eigenvalue weighted by Crippen LogP contribution is 2.51. The minimum Gasteiger partial charge on any atom is -0.282 e. The maximum absolute atomic E-state index is 13.6. The smallest absolute Gasteiger partial charge is 0.237 e. The minimum absolute atomic E-state index is 0.109. The van der Waals surface area contributed by atoms with Gasteiger partial charge in [0, 0.05) is 54.0 Å². The molecule has 4 amide bonds. The number of amides is 4. The van der Waals surface area contributed by atoms with Crippen molar-refractivity contribution in [2.75, 3.05) is 70.6 Å². The van der Waals surface area contributed by atoms with Crippen LogP contribution in [0.2, 0.25) is 0 Å². The topological polar surface area (TPSA) is 74.8 Å². The Kier molecular flexibility index (Phi) is 14.7. The Morgan fingerprint density at radius 2 is 1.14 bits per heavy atom. The second-order valence-corrected chi connectivity index (χ2v) is 16.5. The summed E-state index contributed by atoms with van der Waals surface area (Å²) in [7, 11) is 0. The Balaban J connectivity index is 1.34. The van der Waals surface area contributed by atoms with Gasteiger partial charge in [0.2, 0.25) is 23.6 Å². The molecule has 0 N–H and O–H groups in total. The Bertz CT molecular complexity index is 1090. The monoisotopic (exact) mass is 686 g/mol. The second-order valence-electron chi connectivity index (χ2n) is 10.7. The number of fused-ring (bicyclic) bond motifs is 3. The molecule has 6 nitrogen and oxygen atoms in total. The molecule has 2 heterocycles. The van der Waals surface area contributed by atoms with Crippen LogP contribution in [0.15, 0.2) is 24.3 Å². The first-order valence-corrected chi connectivity index (χ1v) is 20.7. The standard InChI is InChI=1S/C30H42N2O4S6/c33-26-20-24(28(34)31(26)7-3-11-39-15-17-41-13-9-37)23-19-25-27(22-6-2-1-5-21(22)23)30(36)32(29(25)35)8-4-12-40-16-18-42-14-10-38/h1-2,5-6,23-25,27,37-38H,3-4,7-20H2. The van der Waals surface area contributed by atoms with E-state index >= 15 is 0 Å². The van der Waals surface area contributed by atoms with Crippen LogP contribution < -0.4 is 0 Å². The zero-order valence-corrected chi connectivity index (χ0v) is 29.0. The number of likely N-dealkylation sites (tertiary alicyclic amines) is 2. The van der Waals surface area contributed by atoms with Gasteiger partial charge in [-0.1, -0.05) is 24.3 Å². The fourth-order valence-electron chi connectivity index (χ4n) is 6.19. The lowest BCUT2D eigenvalue weighted by Gasteiger charge is -2.34. The van der Waals surface area contributed by atoms with Crippen molar-refractivity contribution in [1.29, 1.82) is 0 Å². The number of hydrogen-bond donors (Lipinski definition) is 2. The molecule has 4 atom stereocenters. The van der Waals surface area contributed by atoms with Gasteiger partial charge in [-0.15, -0.1) is 0 Å². The van der Waals surface area contributed by atoms with Gasteiger partial charge in [-0.2, -0.15) is 72.3 Å². The molecule has 0 aromatic heterocycles. The summed E-state index contributed by atoms with van der Waals surface area (Å²) >= 11 is 16.0. The molecule has 0 saturated carbocycles. The van der Waals surface area contributed by atoms with Crippen molar-refractivity contribution in [3.05, 3.63) is 35.4 Å². The molecule has 2 saturated heterocycles. The average Bonchev–Trinajstić information content (AvgIpc) is 3.41. The van der Waals surface area contributed by atoms with Crippen molar-refractivity contribution in [2.24, 2.45) is 11.8 Å². The van der Waals surface area contributed by atoms with E-state index in [0.717, 1.165) is 81.5 Å². The van der Waals surface area contributed by atoms with Crippen LogP contribution in [-0.4, -0.2) is 104 Å². The third-order valence-electron chi connectivity index (χ3n) is 8.08. The maximum atomic E-state index is 13.6. The van der Waals surface area contributed by atoms with Crippen molar-refractivity contribution in [2.45, 2.75) is 37.5 Å². The van der Waals surface area contributed by atoms with Gasteiger partial charge in [-0.25, -0.2) is 0 Å². The first-order valence-electron chi connectivity index (χ1n) is 14.8. The predicted octanol–water partition coefficient (Wildman–Crippen LogP) is 5.19. The highest BCUT2D eigenvalue weighted by molar-refractivity contribution is 8.03. The molecule has 1 aromatic rings. The first kappa shape index (κ1) is 34.5. The van der Waals surface area contributed by atoms with Crippen LogP contribution in [0.25, 0.3) is 0 Å². The number of carbonyl (C=O) groups is 4. The van der Waals surface area contributed by atoms with Crippen LogP contribution >= 0.6 is 72.3 Å². The van der Waals surface area contributed by atoms with Gasteiger partial charge in [0.05, 0.1) is 17.8 Å². The van der Waals surface area contributed by atoms with Crippen molar-refractivity contribution in [3.63, 3.8) is 0 Å². The second kappa shape index (κ2) is 17.9. The van der Waals surface area contributed by atoms with Gasteiger partial charge in [0.1, 0.15) is 0 Å². The number of benzene rings is 1. The fraction of sp³-hybridized carbons (Fsp3) is 0.667. The summed E-state index contributed by atoms with van der Waals surface area (Å²) in [6.45, 7) is 0.886. The third kappa shape index (κ3) is 8.65. The fourth-order valence-corrected chi connectivity index (χ4v) is 10.6. The normalized spacial score (nSPS) is 23.7. The van der Waals surface area contributed by atoms with E-state index < -0.39 is 17.8 Å². The molecule has 232 valence electrons. The minimum atomic E-state index is -0.485. The summed E-state index contributed by atoms with van der Waals surface area (Å²) in [5.41, 5.74) is 1.82. The van der Waals surface area contributed by atoms with E-state index in [1.807, 2.05) is 71.3 Å². The van der Waals surface area contributed by atoms with Crippen LogP contribution in [0, 0.1) is 11.8 Å². The summed E-state index contributed by atoms with van der Waals surface area (Å²) in [4.78, 5) is 56.6. The molecule has 0 radical (unpaired) electrons.